The van der Waals surface area contributed by atoms with Crippen molar-refractivity contribution in [3.63, 3.8) is 0 Å². The molecule has 0 aromatic carbocycles. The third kappa shape index (κ3) is 5.75. The number of nitrogens with zero attached hydrogens (tertiary/aromatic N) is 3. The number of thiophene rings is 1. The lowest BCUT2D eigenvalue weighted by Crippen LogP contribution is -2.36. The van der Waals surface area contributed by atoms with Gasteiger partial charge in [0, 0.05) is 29.7 Å². The summed E-state index contributed by atoms with van der Waals surface area (Å²) in [6.07, 6.45) is 0. The van der Waals surface area contributed by atoms with Gasteiger partial charge in [-0.25, -0.2) is 4.99 Å². The van der Waals surface area contributed by atoms with Crippen LogP contribution in [0.3, 0.4) is 0 Å². The van der Waals surface area contributed by atoms with Gasteiger partial charge < -0.3 is 10.6 Å². The standard InChI is InChI=1S/C15H22BrN5S.HI/c1-5-17-15(18-8-12-6-7-14(16)22-12)19-9-13-10(2)20-21(4)11(13)3;/h6-7H,5,8-9H2,1-4H3,(H2,17,18,19);1H. The first-order valence-electron chi connectivity index (χ1n) is 7.26. The van der Waals surface area contributed by atoms with Crippen molar-refractivity contribution in [3.8, 4) is 0 Å². The first-order valence-corrected chi connectivity index (χ1v) is 8.87. The molecule has 0 amide bonds. The molecule has 128 valence electrons. The number of hydrogen-bond donors (Lipinski definition) is 2. The molecule has 8 heteroatoms. The lowest BCUT2D eigenvalue weighted by molar-refractivity contribution is 0.730. The number of aliphatic imine (C=N–C) groups is 1. The summed E-state index contributed by atoms with van der Waals surface area (Å²) < 4.78 is 3.05. The van der Waals surface area contributed by atoms with Gasteiger partial charge in [-0.05, 0) is 48.8 Å². The summed E-state index contributed by atoms with van der Waals surface area (Å²) in [4.78, 5) is 5.94. The molecule has 2 aromatic rings. The van der Waals surface area contributed by atoms with Crippen LogP contribution < -0.4 is 10.6 Å². The number of aromatic nitrogens is 2. The van der Waals surface area contributed by atoms with Gasteiger partial charge in [0.05, 0.1) is 22.6 Å². The zero-order valence-corrected chi connectivity index (χ0v) is 18.5. The summed E-state index contributed by atoms with van der Waals surface area (Å²) in [6, 6.07) is 4.18. The first-order chi connectivity index (χ1) is 10.5. The van der Waals surface area contributed by atoms with Crippen molar-refractivity contribution >= 4 is 57.2 Å². The smallest absolute Gasteiger partial charge is 0.191 e. The molecule has 2 rings (SSSR count). The van der Waals surface area contributed by atoms with Gasteiger partial charge in [0.1, 0.15) is 0 Å². The number of nitrogens with one attached hydrogen (secondary N) is 2. The first kappa shape index (κ1) is 20.4. The van der Waals surface area contributed by atoms with Crippen LogP contribution in [0.15, 0.2) is 20.9 Å². The minimum Gasteiger partial charge on any atom is -0.357 e. The normalized spacial score (nSPS) is 11.3. The Bertz CT molecular complexity index is 665. The van der Waals surface area contributed by atoms with Gasteiger partial charge in [0.25, 0.3) is 0 Å². The van der Waals surface area contributed by atoms with Crippen LogP contribution in [0.1, 0.15) is 28.8 Å². The Labute approximate surface area is 167 Å². The highest BCUT2D eigenvalue weighted by molar-refractivity contribution is 14.0. The van der Waals surface area contributed by atoms with E-state index in [0.29, 0.717) is 6.54 Å². The maximum absolute atomic E-state index is 4.67. The fourth-order valence-corrected chi connectivity index (χ4v) is 3.59. The summed E-state index contributed by atoms with van der Waals surface area (Å²) in [7, 11) is 1.97. The second-order valence-electron chi connectivity index (χ2n) is 5.03. The molecule has 0 fully saturated rings. The molecule has 0 aliphatic rings. The highest BCUT2D eigenvalue weighted by atomic mass is 127. The minimum absolute atomic E-state index is 0. The van der Waals surface area contributed by atoms with E-state index >= 15 is 0 Å². The Morgan fingerprint density at radius 1 is 1.35 bits per heavy atom. The summed E-state index contributed by atoms with van der Waals surface area (Å²) in [6.45, 7) is 8.42. The van der Waals surface area contributed by atoms with Crippen LogP contribution in [0.5, 0.6) is 0 Å². The quantitative estimate of drug-likeness (QED) is 0.365. The summed E-state index contributed by atoms with van der Waals surface area (Å²) >= 11 is 5.21. The molecule has 5 nitrogen and oxygen atoms in total. The number of guanidine groups is 1. The van der Waals surface area contributed by atoms with E-state index < -0.39 is 0 Å². The molecule has 0 saturated heterocycles. The molecule has 23 heavy (non-hydrogen) atoms. The van der Waals surface area contributed by atoms with Crippen LogP contribution >= 0.6 is 51.2 Å². The highest BCUT2D eigenvalue weighted by Crippen LogP contribution is 2.21. The van der Waals surface area contributed by atoms with E-state index in [9.17, 15) is 0 Å². The van der Waals surface area contributed by atoms with Gasteiger partial charge in [-0.2, -0.15) is 5.10 Å². The SMILES string of the molecule is CCNC(=NCc1c(C)nn(C)c1C)NCc1ccc(Br)s1.I. The van der Waals surface area contributed by atoms with Crippen molar-refractivity contribution in [3.05, 3.63) is 37.7 Å². The molecular formula is C15H23BrIN5S. The third-order valence-electron chi connectivity index (χ3n) is 3.46. The largest absolute Gasteiger partial charge is 0.357 e. The van der Waals surface area contributed by atoms with Crippen molar-refractivity contribution in [2.75, 3.05) is 6.54 Å². The zero-order valence-electron chi connectivity index (χ0n) is 13.8. The number of hydrogen-bond acceptors (Lipinski definition) is 3. The van der Waals surface area contributed by atoms with E-state index in [1.165, 1.54) is 16.1 Å². The Hall–Kier alpha value is -0.610. The topological polar surface area (TPSA) is 54.2 Å². The summed E-state index contributed by atoms with van der Waals surface area (Å²) in [5, 5.41) is 11.1. The molecule has 2 aromatic heterocycles. The molecule has 0 atom stereocenters. The molecule has 0 aliphatic heterocycles. The molecule has 2 heterocycles. The lowest BCUT2D eigenvalue weighted by atomic mass is 10.2. The van der Waals surface area contributed by atoms with E-state index in [4.69, 9.17) is 0 Å². The van der Waals surface area contributed by atoms with Crippen LogP contribution in [0.4, 0.5) is 0 Å². The zero-order chi connectivity index (χ0) is 16.1. The molecule has 0 saturated carbocycles. The Balaban J connectivity index is 0.00000264. The Morgan fingerprint density at radius 2 is 2.09 bits per heavy atom. The van der Waals surface area contributed by atoms with Gasteiger partial charge in [0.15, 0.2) is 5.96 Å². The van der Waals surface area contributed by atoms with Gasteiger partial charge in [0.2, 0.25) is 0 Å². The van der Waals surface area contributed by atoms with E-state index in [-0.39, 0.29) is 24.0 Å². The number of aryl methyl sites for hydroxylation is 2. The lowest BCUT2D eigenvalue weighted by Gasteiger charge is -2.10. The maximum Gasteiger partial charge on any atom is 0.191 e. The second-order valence-corrected chi connectivity index (χ2v) is 7.58. The molecular weight excluding hydrogens is 489 g/mol. The van der Waals surface area contributed by atoms with Gasteiger partial charge in [-0.15, -0.1) is 35.3 Å². The Morgan fingerprint density at radius 3 is 2.61 bits per heavy atom. The van der Waals surface area contributed by atoms with E-state index in [1.807, 2.05) is 18.7 Å². The van der Waals surface area contributed by atoms with Crippen molar-refractivity contribution in [2.24, 2.45) is 12.0 Å². The summed E-state index contributed by atoms with van der Waals surface area (Å²) in [5.74, 6) is 0.828. The van der Waals surface area contributed by atoms with Gasteiger partial charge in [-0.1, -0.05) is 0 Å². The van der Waals surface area contributed by atoms with Crippen molar-refractivity contribution in [1.82, 2.24) is 20.4 Å². The predicted octanol–water partition coefficient (Wildman–Crippen LogP) is 3.73. The summed E-state index contributed by atoms with van der Waals surface area (Å²) in [5.41, 5.74) is 3.40. The monoisotopic (exact) mass is 511 g/mol. The minimum atomic E-state index is 0. The second kappa shape index (κ2) is 9.63. The average molecular weight is 512 g/mol. The van der Waals surface area contributed by atoms with Crippen LogP contribution in [0, 0.1) is 13.8 Å². The molecule has 0 aliphatic carbocycles. The third-order valence-corrected chi connectivity index (χ3v) is 5.08. The number of rotatable bonds is 5. The van der Waals surface area contributed by atoms with Crippen molar-refractivity contribution in [1.29, 1.82) is 0 Å². The van der Waals surface area contributed by atoms with Crippen LogP contribution in [-0.2, 0) is 20.1 Å². The molecule has 0 unspecified atom stereocenters. The van der Waals surface area contributed by atoms with Crippen molar-refractivity contribution in [2.45, 2.75) is 33.9 Å². The van der Waals surface area contributed by atoms with Crippen molar-refractivity contribution < 1.29 is 0 Å². The fraction of sp³-hybridized carbons (Fsp3) is 0.467. The predicted molar refractivity (Wildman–Crippen MR) is 112 cm³/mol. The van der Waals surface area contributed by atoms with Crippen LogP contribution in [0.25, 0.3) is 0 Å². The van der Waals surface area contributed by atoms with Gasteiger partial charge in [-0.3, -0.25) is 4.68 Å². The van der Waals surface area contributed by atoms with E-state index in [2.05, 4.69) is 62.6 Å². The average Bonchev–Trinajstić information content (AvgIpc) is 2.99. The Kier molecular flexibility index (Phi) is 8.56. The van der Waals surface area contributed by atoms with E-state index in [0.717, 1.165) is 28.5 Å². The molecule has 2 N–H and O–H groups in total. The number of halogens is 2. The molecule has 0 bridgehead atoms. The highest BCUT2D eigenvalue weighted by Gasteiger charge is 2.09. The van der Waals surface area contributed by atoms with Crippen LogP contribution in [-0.4, -0.2) is 22.3 Å². The fourth-order valence-electron chi connectivity index (χ4n) is 2.16. The van der Waals surface area contributed by atoms with Gasteiger partial charge >= 0.3 is 0 Å². The maximum atomic E-state index is 4.67. The molecule has 0 radical (unpaired) electrons. The van der Waals surface area contributed by atoms with Crippen LogP contribution in [0.2, 0.25) is 0 Å². The molecule has 0 spiro atoms. The van der Waals surface area contributed by atoms with E-state index in [1.54, 1.807) is 11.3 Å².